The van der Waals surface area contributed by atoms with Gasteiger partial charge < -0.3 is 14.6 Å². The van der Waals surface area contributed by atoms with Gasteiger partial charge in [0.2, 0.25) is 0 Å². The van der Waals surface area contributed by atoms with Crippen LogP contribution in [0.3, 0.4) is 0 Å². The minimum absolute atomic E-state index is 0.0585. The van der Waals surface area contributed by atoms with Gasteiger partial charge in [-0.2, -0.15) is 5.10 Å². The maximum absolute atomic E-state index is 13.3. The van der Waals surface area contributed by atoms with Crippen LogP contribution in [0.15, 0.2) is 71.8 Å². The molecule has 0 bridgehead atoms. The Labute approximate surface area is 185 Å². The van der Waals surface area contributed by atoms with Crippen molar-refractivity contribution in [3.63, 3.8) is 0 Å². The van der Waals surface area contributed by atoms with Gasteiger partial charge in [-0.3, -0.25) is 4.79 Å². The lowest BCUT2D eigenvalue weighted by Gasteiger charge is -2.23. The maximum Gasteiger partial charge on any atom is 0.274 e. The molecule has 1 aliphatic rings. The van der Waals surface area contributed by atoms with E-state index >= 15 is 0 Å². The first-order valence-corrected chi connectivity index (χ1v) is 10.1. The number of methoxy groups -OCH3 is 2. The fourth-order valence-corrected chi connectivity index (χ4v) is 3.80. The zero-order valence-corrected chi connectivity index (χ0v) is 17.8. The van der Waals surface area contributed by atoms with Gasteiger partial charge in [0.05, 0.1) is 26.0 Å². The Hall–Kier alpha value is -3.51. The summed E-state index contributed by atoms with van der Waals surface area (Å²) in [5.74, 6) is 0.977. The van der Waals surface area contributed by atoms with E-state index in [2.05, 4.69) is 5.10 Å². The van der Waals surface area contributed by atoms with E-state index in [1.54, 1.807) is 44.6 Å². The molecule has 1 N–H and O–H groups in total. The number of ether oxygens (including phenoxy) is 2. The van der Waals surface area contributed by atoms with Crippen molar-refractivity contribution >= 4 is 23.2 Å². The zero-order chi connectivity index (χ0) is 22.0. The number of hydrogen-bond donors (Lipinski definition) is 1. The molecular formula is C24H21ClN2O4. The van der Waals surface area contributed by atoms with E-state index in [-0.39, 0.29) is 17.7 Å². The molecule has 3 aromatic rings. The molecule has 4 rings (SSSR count). The number of rotatable bonds is 5. The number of carbonyl (C=O) groups is 1. The molecule has 0 aliphatic carbocycles. The first kappa shape index (κ1) is 20.8. The van der Waals surface area contributed by atoms with Crippen molar-refractivity contribution in [2.24, 2.45) is 5.10 Å². The predicted molar refractivity (Wildman–Crippen MR) is 119 cm³/mol. The second-order valence-corrected chi connectivity index (χ2v) is 7.49. The van der Waals surface area contributed by atoms with Crippen molar-refractivity contribution in [3.05, 3.63) is 88.4 Å². The molecule has 0 radical (unpaired) electrons. The quantitative estimate of drug-likeness (QED) is 0.607. The molecule has 31 heavy (non-hydrogen) atoms. The second-order valence-electron chi connectivity index (χ2n) is 7.06. The number of benzene rings is 3. The highest BCUT2D eigenvalue weighted by molar-refractivity contribution is 6.31. The van der Waals surface area contributed by atoms with E-state index in [4.69, 9.17) is 21.1 Å². The number of amides is 1. The summed E-state index contributed by atoms with van der Waals surface area (Å²) < 4.78 is 10.8. The fourth-order valence-electron chi connectivity index (χ4n) is 3.63. The van der Waals surface area contributed by atoms with Crippen LogP contribution in [0.4, 0.5) is 0 Å². The molecule has 0 spiro atoms. The van der Waals surface area contributed by atoms with E-state index in [1.165, 1.54) is 11.1 Å². The molecular weight excluding hydrogens is 416 g/mol. The highest BCUT2D eigenvalue weighted by Crippen LogP contribution is 2.39. The third kappa shape index (κ3) is 4.07. The molecule has 1 aliphatic heterocycles. The number of hydrazone groups is 1. The van der Waals surface area contributed by atoms with Gasteiger partial charge in [-0.25, -0.2) is 5.01 Å². The van der Waals surface area contributed by atoms with Crippen molar-refractivity contribution in [1.82, 2.24) is 5.01 Å². The summed E-state index contributed by atoms with van der Waals surface area (Å²) in [7, 11) is 3.14. The highest BCUT2D eigenvalue weighted by atomic mass is 35.5. The van der Waals surface area contributed by atoms with Gasteiger partial charge >= 0.3 is 0 Å². The van der Waals surface area contributed by atoms with Crippen LogP contribution in [-0.2, 0) is 0 Å². The number of phenolic OH excluding ortho intramolecular Hbond substituents is 1. The molecule has 0 unspecified atom stereocenters. The lowest BCUT2D eigenvalue weighted by atomic mass is 9.97. The first-order chi connectivity index (χ1) is 15.0. The summed E-state index contributed by atoms with van der Waals surface area (Å²) in [6.45, 7) is 0. The van der Waals surface area contributed by atoms with Crippen molar-refractivity contribution < 1.29 is 19.4 Å². The van der Waals surface area contributed by atoms with Gasteiger partial charge in [0, 0.05) is 22.6 Å². The number of carbonyl (C=O) groups excluding carboxylic acids is 1. The number of phenols is 1. The van der Waals surface area contributed by atoms with Crippen LogP contribution in [0.5, 0.6) is 17.2 Å². The van der Waals surface area contributed by atoms with Gasteiger partial charge in [-0.1, -0.05) is 35.9 Å². The van der Waals surface area contributed by atoms with E-state index in [0.29, 0.717) is 39.8 Å². The first-order valence-electron chi connectivity index (χ1n) is 9.68. The molecule has 158 valence electrons. The predicted octanol–water partition coefficient (Wildman–Crippen LogP) is 5.05. The Kier molecular flexibility index (Phi) is 5.82. The van der Waals surface area contributed by atoms with Crippen LogP contribution in [-0.4, -0.2) is 36.0 Å². The van der Waals surface area contributed by atoms with E-state index < -0.39 is 0 Å². The fraction of sp³-hybridized carbons (Fsp3) is 0.167. The van der Waals surface area contributed by atoms with Gasteiger partial charge in [0.1, 0.15) is 5.75 Å². The van der Waals surface area contributed by atoms with E-state index in [0.717, 1.165) is 5.56 Å². The van der Waals surface area contributed by atoms with Gasteiger partial charge in [-0.05, 0) is 48.0 Å². The van der Waals surface area contributed by atoms with Crippen molar-refractivity contribution in [3.8, 4) is 17.2 Å². The third-order valence-corrected chi connectivity index (χ3v) is 5.44. The lowest BCUT2D eigenvalue weighted by Crippen LogP contribution is -2.27. The van der Waals surface area contributed by atoms with Crippen molar-refractivity contribution in [2.75, 3.05) is 14.2 Å². The topological polar surface area (TPSA) is 71.4 Å². The molecule has 1 atom stereocenters. The average Bonchev–Trinajstić information content (AvgIpc) is 3.25. The van der Waals surface area contributed by atoms with Crippen LogP contribution >= 0.6 is 11.6 Å². The Bertz CT molecular complexity index is 1150. The van der Waals surface area contributed by atoms with Crippen LogP contribution in [0, 0.1) is 0 Å². The third-order valence-electron chi connectivity index (χ3n) is 5.20. The molecule has 6 nitrogen and oxygen atoms in total. The number of nitrogens with zero attached hydrogens (tertiary/aromatic N) is 2. The Balaban J connectivity index is 1.78. The second kappa shape index (κ2) is 8.70. The van der Waals surface area contributed by atoms with Crippen LogP contribution in [0.25, 0.3) is 0 Å². The minimum Gasteiger partial charge on any atom is -0.507 e. The molecule has 1 amide bonds. The van der Waals surface area contributed by atoms with Crippen LogP contribution < -0.4 is 9.47 Å². The largest absolute Gasteiger partial charge is 0.507 e. The van der Waals surface area contributed by atoms with Crippen LogP contribution in [0.2, 0.25) is 5.02 Å². The zero-order valence-electron chi connectivity index (χ0n) is 17.1. The molecule has 0 saturated carbocycles. The van der Waals surface area contributed by atoms with Crippen LogP contribution in [0.1, 0.15) is 33.9 Å². The Morgan fingerprint density at radius 3 is 2.48 bits per heavy atom. The smallest absolute Gasteiger partial charge is 0.274 e. The number of halogens is 1. The standard InChI is InChI=1S/C24H21ClN2O4/c1-30-22-11-8-16(12-23(22)31-2)20-14-19(18-13-17(25)9-10-21(18)28)26-27(20)24(29)15-6-4-3-5-7-15/h3-13,20,28H,14H2,1-2H3/t20-/m0/s1. The summed E-state index contributed by atoms with van der Waals surface area (Å²) in [5, 5.41) is 16.9. The minimum atomic E-state index is -0.388. The molecule has 3 aromatic carbocycles. The maximum atomic E-state index is 13.3. The van der Waals surface area contributed by atoms with E-state index in [9.17, 15) is 9.90 Å². The molecule has 0 saturated heterocycles. The van der Waals surface area contributed by atoms with Gasteiger partial charge in [-0.15, -0.1) is 0 Å². The van der Waals surface area contributed by atoms with Gasteiger partial charge in [0.15, 0.2) is 11.5 Å². The monoisotopic (exact) mass is 436 g/mol. The number of hydrogen-bond acceptors (Lipinski definition) is 5. The normalized spacial score (nSPS) is 15.5. The summed E-state index contributed by atoms with van der Waals surface area (Å²) in [6, 6.07) is 18.9. The molecule has 0 fully saturated rings. The average molecular weight is 437 g/mol. The SMILES string of the molecule is COc1ccc([C@@H]2CC(c3cc(Cl)ccc3O)=NN2C(=O)c2ccccc2)cc1OC. The Morgan fingerprint density at radius 1 is 1.03 bits per heavy atom. The molecule has 7 heteroatoms. The summed E-state index contributed by atoms with van der Waals surface area (Å²) >= 11 is 6.14. The van der Waals surface area contributed by atoms with Crippen molar-refractivity contribution in [2.45, 2.75) is 12.5 Å². The van der Waals surface area contributed by atoms with E-state index in [1.807, 2.05) is 30.3 Å². The van der Waals surface area contributed by atoms with Gasteiger partial charge in [0.25, 0.3) is 5.91 Å². The number of aromatic hydroxyl groups is 1. The Morgan fingerprint density at radius 2 is 1.77 bits per heavy atom. The lowest BCUT2D eigenvalue weighted by molar-refractivity contribution is 0.0711. The highest BCUT2D eigenvalue weighted by Gasteiger charge is 2.35. The van der Waals surface area contributed by atoms with Crippen molar-refractivity contribution in [1.29, 1.82) is 0 Å². The molecule has 0 aromatic heterocycles. The summed E-state index contributed by atoms with van der Waals surface area (Å²) in [4.78, 5) is 13.3. The summed E-state index contributed by atoms with van der Waals surface area (Å²) in [6.07, 6.45) is 0.405. The summed E-state index contributed by atoms with van der Waals surface area (Å²) in [5.41, 5.74) is 2.43. The molecule has 1 heterocycles.